The molecule has 2 rings (SSSR count). The highest BCUT2D eigenvalue weighted by molar-refractivity contribution is 5.47. The fourth-order valence-corrected chi connectivity index (χ4v) is 1.74. The fraction of sp³-hybridized carbons (Fsp3) is 0.250. The zero-order valence-electron chi connectivity index (χ0n) is 11.8. The maximum absolute atomic E-state index is 9.27. The molecule has 1 atom stereocenters. The first-order valence-corrected chi connectivity index (χ1v) is 6.66. The topological polar surface area (TPSA) is 71.0 Å². The summed E-state index contributed by atoms with van der Waals surface area (Å²) in [6.07, 6.45) is -0.766. The van der Waals surface area contributed by atoms with E-state index in [2.05, 4.69) is 5.32 Å². The van der Waals surface area contributed by atoms with Gasteiger partial charge >= 0.3 is 0 Å². The van der Waals surface area contributed by atoms with Crippen LogP contribution in [0.2, 0.25) is 0 Å². The first-order chi connectivity index (χ1) is 10.2. The minimum atomic E-state index is -0.766. The third kappa shape index (κ3) is 4.66. The second-order valence-electron chi connectivity index (χ2n) is 4.52. The average molecular weight is 289 g/mol. The molecule has 112 valence electrons. The van der Waals surface area contributed by atoms with Crippen LogP contribution in [0.5, 0.6) is 17.2 Å². The molecular formula is C16H19NO4. The maximum Gasteiger partial charge on any atom is 0.131 e. The van der Waals surface area contributed by atoms with E-state index in [4.69, 9.17) is 14.6 Å². The number of anilines is 1. The van der Waals surface area contributed by atoms with E-state index in [1.165, 1.54) is 0 Å². The van der Waals surface area contributed by atoms with Crippen molar-refractivity contribution in [3.63, 3.8) is 0 Å². The van der Waals surface area contributed by atoms with Crippen molar-refractivity contribution in [2.75, 3.05) is 25.6 Å². The summed E-state index contributed by atoms with van der Waals surface area (Å²) < 4.78 is 10.9. The number of hydrogen-bond donors (Lipinski definition) is 3. The smallest absolute Gasteiger partial charge is 0.131 e. The second-order valence-corrected chi connectivity index (χ2v) is 4.52. The number of hydrogen-bond acceptors (Lipinski definition) is 5. The Balaban J connectivity index is 1.95. The van der Waals surface area contributed by atoms with Gasteiger partial charge in [0.25, 0.3) is 0 Å². The molecule has 0 aliphatic carbocycles. The summed E-state index contributed by atoms with van der Waals surface area (Å²) in [6.45, 7) is 0.0383. The zero-order chi connectivity index (χ0) is 15.1. The average Bonchev–Trinajstić information content (AvgIpc) is 2.54. The van der Waals surface area contributed by atoms with Crippen LogP contribution in [-0.2, 0) is 0 Å². The lowest BCUT2D eigenvalue weighted by Gasteiger charge is -2.11. The highest BCUT2D eigenvalue weighted by Gasteiger charge is 2.02. The standard InChI is InChI=1S/C16H19NO4/c1-20-15-3-2-4-16(9-15)21-14-7-5-12(6-8-14)17-10-13(19)11-18/h2-9,13,17-19H,10-11H2,1H3. The van der Waals surface area contributed by atoms with Gasteiger partial charge in [0, 0.05) is 18.3 Å². The molecule has 0 amide bonds. The van der Waals surface area contributed by atoms with Crippen LogP contribution < -0.4 is 14.8 Å². The van der Waals surface area contributed by atoms with Crippen molar-refractivity contribution >= 4 is 5.69 Å². The van der Waals surface area contributed by atoms with Crippen LogP contribution in [0.15, 0.2) is 48.5 Å². The molecule has 0 aromatic heterocycles. The second kappa shape index (κ2) is 7.52. The summed E-state index contributed by atoms with van der Waals surface area (Å²) >= 11 is 0. The van der Waals surface area contributed by atoms with E-state index in [-0.39, 0.29) is 6.61 Å². The Morgan fingerprint density at radius 1 is 1.05 bits per heavy atom. The molecule has 5 nitrogen and oxygen atoms in total. The van der Waals surface area contributed by atoms with Crippen molar-refractivity contribution in [3.05, 3.63) is 48.5 Å². The normalized spacial score (nSPS) is 11.8. The first kappa shape index (κ1) is 15.2. The third-order valence-electron chi connectivity index (χ3n) is 2.88. The van der Waals surface area contributed by atoms with Crippen LogP contribution >= 0.6 is 0 Å². The zero-order valence-corrected chi connectivity index (χ0v) is 11.8. The van der Waals surface area contributed by atoms with Crippen LogP contribution in [0.25, 0.3) is 0 Å². The van der Waals surface area contributed by atoms with Gasteiger partial charge in [0.2, 0.25) is 0 Å². The molecule has 0 aliphatic heterocycles. The molecule has 0 heterocycles. The van der Waals surface area contributed by atoms with Crippen LogP contribution in [0.1, 0.15) is 0 Å². The van der Waals surface area contributed by atoms with Gasteiger partial charge in [-0.25, -0.2) is 0 Å². The third-order valence-corrected chi connectivity index (χ3v) is 2.88. The van der Waals surface area contributed by atoms with E-state index in [0.29, 0.717) is 18.0 Å². The number of benzene rings is 2. The Labute approximate surface area is 123 Å². The molecule has 2 aromatic rings. The molecule has 2 aromatic carbocycles. The molecule has 5 heteroatoms. The lowest BCUT2D eigenvalue weighted by Crippen LogP contribution is -2.22. The van der Waals surface area contributed by atoms with Gasteiger partial charge in [-0.15, -0.1) is 0 Å². The molecule has 0 saturated heterocycles. The SMILES string of the molecule is COc1cccc(Oc2ccc(NCC(O)CO)cc2)c1. The summed E-state index contributed by atoms with van der Waals surface area (Å²) in [5.74, 6) is 2.14. The monoisotopic (exact) mass is 289 g/mol. The van der Waals surface area contributed by atoms with Crippen LogP contribution in [0.4, 0.5) is 5.69 Å². The number of ether oxygens (including phenoxy) is 2. The van der Waals surface area contributed by atoms with E-state index in [1.807, 2.05) is 48.5 Å². The van der Waals surface area contributed by atoms with Crippen LogP contribution in [0.3, 0.4) is 0 Å². The van der Waals surface area contributed by atoms with E-state index in [9.17, 15) is 5.11 Å². The molecule has 0 fully saturated rings. The van der Waals surface area contributed by atoms with Gasteiger partial charge in [-0.2, -0.15) is 0 Å². The van der Waals surface area contributed by atoms with E-state index in [0.717, 1.165) is 11.4 Å². The molecule has 0 bridgehead atoms. The van der Waals surface area contributed by atoms with E-state index in [1.54, 1.807) is 7.11 Å². The maximum atomic E-state index is 9.27. The Morgan fingerprint density at radius 2 is 1.76 bits per heavy atom. The number of methoxy groups -OCH3 is 1. The van der Waals surface area contributed by atoms with Gasteiger partial charge in [-0.3, -0.25) is 0 Å². The number of nitrogens with one attached hydrogen (secondary N) is 1. The largest absolute Gasteiger partial charge is 0.497 e. The van der Waals surface area contributed by atoms with Crippen molar-refractivity contribution in [2.45, 2.75) is 6.10 Å². The summed E-state index contributed by atoms with van der Waals surface area (Å²) in [4.78, 5) is 0. The lowest BCUT2D eigenvalue weighted by molar-refractivity contribution is 0.105. The Bertz CT molecular complexity index is 556. The highest BCUT2D eigenvalue weighted by Crippen LogP contribution is 2.26. The van der Waals surface area contributed by atoms with Crippen LogP contribution in [-0.4, -0.2) is 36.6 Å². The minimum absolute atomic E-state index is 0.260. The van der Waals surface area contributed by atoms with Gasteiger partial charge < -0.3 is 25.0 Å². The molecule has 0 spiro atoms. The Morgan fingerprint density at radius 3 is 2.43 bits per heavy atom. The van der Waals surface area contributed by atoms with Gasteiger partial charge in [-0.05, 0) is 36.4 Å². The lowest BCUT2D eigenvalue weighted by atomic mass is 10.2. The molecule has 1 unspecified atom stereocenters. The molecule has 0 radical (unpaired) electrons. The van der Waals surface area contributed by atoms with Crippen LogP contribution in [0, 0.1) is 0 Å². The minimum Gasteiger partial charge on any atom is -0.497 e. The molecular weight excluding hydrogens is 270 g/mol. The Hall–Kier alpha value is -2.24. The van der Waals surface area contributed by atoms with Gasteiger partial charge in [0.15, 0.2) is 0 Å². The van der Waals surface area contributed by atoms with Gasteiger partial charge in [0.1, 0.15) is 17.2 Å². The predicted molar refractivity (Wildman–Crippen MR) is 81.1 cm³/mol. The predicted octanol–water partition coefficient (Wildman–Crippen LogP) is 2.25. The van der Waals surface area contributed by atoms with Crippen molar-refractivity contribution < 1.29 is 19.7 Å². The van der Waals surface area contributed by atoms with Gasteiger partial charge in [0.05, 0.1) is 19.8 Å². The highest BCUT2D eigenvalue weighted by atomic mass is 16.5. The van der Waals surface area contributed by atoms with Crippen molar-refractivity contribution in [1.29, 1.82) is 0 Å². The fourth-order valence-electron chi connectivity index (χ4n) is 1.74. The summed E-state index contributed by atoms with van der Waals surface area (Å²) in [7, 11) is 1.61. The summed E-state index contributed by atoms with van der Waals surface area (Å²) in [5.41, 5.74) is 0.848. The van der Waals surface area contributed by atoms with Crippen molar-refractivity contribution in [1.82, 2.24) is 0 Å². The molecule has 3 N–H and O–H groups in total. The van der Waals surface area contributed by atoms with Gasteiger partial charge in [-0.1, -0.05) is 6.07 Å². The van der Waals surface area contributed by atoms with E-state index >= 15 is 0 Å². The molecule has 21 heavy (non-hydrogen) atoms. The Kier molecular flexibility index (Phi) is 5.43. The molecule has 0 aliphatic rings. The number of aliphatic hydroxyl groups excluding tert-OH is 2. The quantitative estimate of drug-likeness (QED) is 0.729. The van der Waals surface area contributed by atoms with Crippen molar-refractivity contribution in [2.24, 2.45) is 0 Å². The first-order valence-electron chi connectivity index (χ1n) is 6.66. The number of rotatable bonds is 7. The summed E-state index contributed by atoms with van der Waals surface area (Å²) in [5, 5.41) is 21.0. The van der Waals surface area contributed by atoms with Crippen molar-refractivity contribution in [3.8, 4) is 17.2 Å². The number of aliphatic hydroxyl groups is 2. The molecule has 0 saturated carbocycles. The van der Waals surface area contributed by atoms with E-state index < -0.39 is 6.10 Å². The summed E-state index contributed by atoms with van der Waals surface area (Å²) in [6, 6.07) is 14.7.